The van der Waals surface area contributed by atoms with Crippen molar-refractivity contribution < 1.29 is 0 Å². The molecule has 0 N–H and O–H groups in total. The lowest BCUT2D eigenvalue weighted by Gasteiger charge is -2.08. The van der Waals surface area contributed by atoms with Crippen LogP contribution in [0, 0.1) is 0 Å². The van der Waals surface area contributed by atoms with Crippen LogP contribution in [0.4, 0.5) is 0 Å². The Bertz CT molecular complexity index is 463. The monoisotopic (exact) mass is 241 g/mol. The van der Waals surface area contributed by atoms with Gasteiger partial charge in [-0.2, -0.15) is 0 Å². The molecule has 2 rings (SSSR count). The summed E-state index contributed by atoms with van der Waals surface area (Å²) >= 11 is 0. The molecule has 0 radical (unpaired) electrons. The number of nitrogens with zero attached hydrogens (tertiary/aromatic N) is 3. The second-order valence-corrected chi connectivity index (χ2v) is 4.69. The number of aromatic nitrogens is 2. The Morgan fingerprint density at radius 2 is 1.67 bits per heavy atom. The van der Waals surface area contributed by atoms with Crippen LogP contribution in [0.25, 0.3) is 11.4 Å². The Kier molecular flexibility index (Phi) is 4.42. The smallest absolute Gasteiger partial charge is 0.159 e. The molecule has 0 saturated carbocycles. The van der Waals surface area contributed by atoms with Gasteiger partial charge in [0.15, 0.2) is 5.82 Å². The standard InChI is InChI=1S/C15H19N3/c1-18(2)10-6-7-13-11-16-15(17-12-13)14-8-4-3-5-9-14/h3-5,8-9,11-12H,6-7,10H2,1-2H3. The summed E-state index contributed by atoms with van der Waals surface area (Å²) < 4.78 is 0. The molecule has 3 nitrogen and oxygen atoms in total. The Balaban J connectivity index is 1.98. The summed E-state index contributed by atoms with van der Waals surface area (Å²) in [7, 11) is 4.18. The summed E-state index contributed by atoms with van der Waals surface area (Å²) in [6, 6.07) is 10.1. The number of hydrogen-bond acceptors (Lipinski definition) is 3. The largest absolute Gasteiger partial charge is 0.309 e. The van der Waals surface area contributed by atoms with Crippen LogP contribution < -0.4 is 0 Å². The zero-order valence-corrected chi connectivity index (χ0v) is 11.0. The van der Waals surface area contributed by atoms with Gasteiger partial charge >= 0.3 is 0 Å². The van der Waals surface area contributed by atoms with E-state index < -0.39 is 0 Å². The summed E-state index contributed by atoms with van der Waals surface area (Å²) in [4.78, 5) is 11.0. The highest BCUT2D eigenvalue weighted by Gasteiger charge is 2.00. The number of rotatable bonds is 5. The third-order valence-corrected chi connectivity index (χ3v) is 2.81. The van der Waals surface area contributed by atoms with Crippen LogP contribution in [0.5, 0.6) is 0 Å². The minimum absolute atomic E-state index is 0.798. The van der Waals surface area contributed by atoms with Crippen molar-refractivity contribution in [1.29, 1.82) is 0 Å². The Morgan fingerprint density at radius 1 is 1.00 bits per heavy atom. The molecule has 94 valence electrons. The van der Waals surface area contributed by atoms with E-state index in [0.717, 1.165) is 30.8 Å². The normalized spacial score (nSPS) is 10.8. The van der Waals surface area contributed by atoms with Crippen LogP contribution in [0.15, 0.2) is 42.7 Å². The van der Waals surface area contributed by atoms with Crippen LogP contribution in [-0.4, -0.2) is 35.5 Å². The second-order valence-electron chi connectivity index (χ2n) is 4.69. The minimum atomic E-state index is 0.798. The maximum absolute atomic E-state index is 4.42. The fourth-order valence-corrected chi connectivity index (χ4v) is 1.82. The van der Waals surface area contributed by atoms with Crippen molar-refractivity contribution in [1.82, 2.24) is 14.9 Å². The van der Waals surface area contributed by atoms with E-state index in [4.69, 9.17) is 0 Å². The highest BCUT2D eigenvalue weighted by molar-refractivity contribution is 5.53. The van der Waals surface area contributed by atoms with E-state index >= 15 is 0 Å². The van der Waals surface area contributed by atoms with Gasteiger partial charge in [-0.1, -0.05) is 30.3 Å². The van der Waals surface area contributed by atoms with Gasteiger partial charge in [-0.25, -0.2) is 9.97 Å². The Morgan fingerprint density at radius 3 is 2.28 bits per heavy atom. The lowest BCUT2D eigenvalue weighted by Crippen LogP contribution is -2.13. The van der Waals surface area contributed by atoms with Crippen molar-refractivity contribution >= 4 is 0 Å². The molecule has 0 atom stereocenters. The number of aryl methyl sites for hydroxylation is 1. The molecule has 1 heterocycles. The van der Waals surface area contributed by atoms with Crippen LogP contribution in [0.1, 0.15) is 12.0 Å². The molecule has 18 heavy (non-hydrogen) atoms. The zero-order valence-electron chi connectivity index (χ0n) is 11.0. The van der Waals surface area contributed by atoms with Gasteiger partial charge in [-0.05, 0) is 39.0 Å². The van der Waals surface area contributed by atoms with Gasteiger partial charge < -0.3 is 4.90 Å². The van der Waals surface area contributed by atoms with Gasteiger partial charge in [-0.15, -0.1) is 0 Å². The minimum Gasteiger partial charge on any atom is -0.309 e. The van der Waals surface area contributed by atoms with Gasteiger partial charge in [0.2, 0.25) is 0 Å². The topological polar surface area (TPSA) is 29.0 Å². The average molecular weight is 241 g/mol. The lowest BCUT2D eigenvalue weighted by molar-refractivity contribution is 0.400. The molecule has 3 heteroatoms. The highest BCUT2D eigenvalue weighted by Crippen LogP contribution is 2.13. The molecule has 0 unspecified atom stereocenters. The SMILES string of the molecule is CN(C)CCCc1cnc(-c2ccccc2)nc1. The van der Waals surface area contributed by atoms with Crippen molar-refractivity contribution in [2.75, 3.05) is 20.6 Å². The summed E-state index contributed by atoms with van der Waals surface area (Å²) in [6.07, 6.45) is 6.05. The zero-order chi connectivity index (χ0) is 12.8. The molecule has 0 aliphatic heterocycles. The molecular weight excluding hydrogens is 222 g/mol. The predicted molar refractivity (Wildman–Crippen MR) is 74.3 cm³/mol. The van der Waals surface area contributed by atoms with Crippen molar-refractivity contribution in [3.8, 4) is 11.4 Å². The summed E-state index contributed by atoms with van der Waals surface area (Å²) in [5.41, 5.74) is 2.27. The maximum Gasteiger partial charge on any atom is 0.159 e. The van der Waals surface area contributed by atoms with Gasteiger partial charge in [-0.3, -0.25) is 0 Å². The van der Waals surface area contributed by atoms with E-state index in [-0.39, 0.29) is 0 Å². The quantitative estimate of drug-likeness (QED) is 0.806. The fourth-order valence-electron chi connectivity index (χ4n) is 1.82. The van der Waals surface area contributed by atoms with Crippen LogP contribution >= 0.6 is 0 Å². The Labute approximate surface area is 109 Å². The molecule has 0 fully saturated rings. The van der Waals surface area contributed by atoms with Crippen molar-refractivity contribution in [2.24, 2.45) is 0 Å². The van der Waals surface area contributed by atoms with Crippen molar-refractivity contribution in [3.05, 3.63) is 48.3 Å². The third-order valence-electron chi connectivity index (χ3n) is 2.81. The Hall–Kier alpha value is -1.74. The third kappa shape index (κ3) is 3.64. The molecule has 0 spiro atoms. The van der Waals surface area contributed by atoms with Gasteiger partial charge in [0.05, 0.1) is 0 Å². The lowest BCUT2D eigenvalue weighted by atomic mass is 10.1. The van der Waals surface area contributed by atoms with Gasteiger partial charge in [0.1, 0.15) is 0 Å². The van der Waals surface area contributed by atoms with E-state index in [1.54, 1.807) is 0 Å². The van der Waals surface area contributed by atoms with Crippen molar-refractivity contribution in [3.63, 3.8) is 0 Å². The van der Waals surface area contributed by atoms with E-state index in [0.29, 0.717) is 0 Å². The predicted octanol–water partition coefficient (Wildman–Crippen LogP) is 2.64. The number of benzene rings is 1. The molecule has 1 aromatic heterocycles. The molecular formula is C15H19N3. The first-order chi connectivity index (χ1) is 8.75. The van der Waals surface area contributed by atoms with E-state index in [9.17, 15) is 0 Å². The summed E-state index contributed by atoms with van der Waals surface area (Å²) in [6.45, 7) is 1.10. The summed E-state index contributed by atoms with van der Waals surface area (Å²) in [5.74, 6) is 0.798. The van der Waals surface area contributed by atoms with Crippen LogP contribution in [0.3, 0.4) is 0 Å². The highest BCUT2D eigenvalue weighted by atomic mass is 15.0. The first-order valence-corrected chi connectivity index (χ1v) is 6.27. The maximum atomic E-state index is 4.42. The van der Waals surface area contributed by atoms with E-state index in [1.165, 1.54) is 5.56 Å². The second kappa shape index (κ2) is 6.26. The van der Waals surface area contributed by atoms with Crippen molar-refractivity contribution in [2.45, 2.75) is 12.8 Å². The first kappa shape index (κ1) is 12.7. The molecule has 0 saturated heterocycles. The van der Waals surface area contributed by atoms with Crippen LogP contribution in [0.2, 0.25) is 0 Å². The van der Waals surface area contributed by atoms with Crippen LogP contribution in [-0.2, 0) is 6.42 Å². The molecule has 0 aliphatic rings. The van der Waals surface area contributed by atoms with Gasteiger partial charge in [0, 0.05) is 18.0 Å². The summed E-state index contributed by atoms with van der Waals surface area (Å²) in [5, 5.41) is 0. The molecule has 0 aliphatic carbocycles. The number of hydrogen-bond donors (Lipinski definition) is 0. The average Bonchev–Trinajstić information content (AvgIpc) is 2.40. The fraction of sp³-hybridized carbons (Fsp3) is 0.333. The van der Waals surface area contributed by atoms with Gasteiger partial charge in [0.25, 0.3) is 0 Å². The molecule has 0 amide bonds. The van der Waals surface area contributed by atoms with E-state index in [1.807, 2.05) is 42.7 Å². The van der Waals surface area contributed by atoms with E-state index in [2.05, 4.69) is 29.0 Å². The molecule has 1 aromatic carbocycles. The molecule has 0 bridgehead atoms. The first-order valence-electron chi connectivity index (χ1n) is 6.27. The molecule has 2 aromatic rings.